The second-order valence-electron chi connectivity index (χ2n) is 5.25. The quantitative estimate of drug-likeness (QED) is 0.703. The number of hydrogen-bond donors (Lipinski definition) is 2. The molecule has 2 atom stereocenters. The van der Waals surface area contributed by atoms with Crippen LogP contribution in [0.5, 0.6) is 0 Å². The van der Waals surface area contributed by atoms with Gasteiger partial charge in [-0.1, -0.05) is 31.9 Å². The van der Waals surface area contributed by atoms with Crippen molar-refractivity contribution in [2.75, 3.05) is 0 Å². The lowest BCUT2D eigenvalue weighted by atomic mass is 9.89. The van der Waals surface area contributed by atoms with E-state index in [9.17, 15) is 9.59 Å². The highest BCUT2D eigenvalue weighted by Crippen LogP contribution is 2.22. The fourth-order valence-corrected chi connectivity index (χ4v) is 2.52. The summed E-state index contributed by atoms with van der Waals surface area (Å²) in [5.74, 6) is 0.162. The van der Waals surface area contributed by atoms with Crippen LogP contribution in [0.1, 0.15) is 53.3 Å². The molecule has 102 valence electrons. The number of rotatable bonds is 0. The zero-order valence-electron chi connectivity index (χ0n) is 11.1. The predicted molar refractivity (Wildman–Crippen MR) is 71.9 cm³/mol. The largest absolute Gasteiger partial charge is 0.393 e. The maximum Gasteiger partial charge on any atom is 0.258 e. The molecule has 0 saturated heterocycles. The van der Waals surface area contributed by atoms with Crippen molar-refractivity contribution in [3.63, 3.8) is 0 Å². The van der Waals surface area contributed by atoms with Crippen molar-refractivity contribution in [2.45, 2.75) is 38.7 Å². The van der Waals surface area contributed by atoms with Gasteiger partial charge >= 0.3 is 0 Å². The van der Waals surface area contributed by atoms with Gasteiger partial charge in [0.2, 0.25) is 0 Å². The van der Waals surface area contributed by atoms with E-state index in [0.717, 1.165) is 18.8 Å². The van der Waals surface area contributed by atoms with Crippen molar-refractivity contribution < 1.29 is 14.7 Å². The molecule has 1 aromatic carbocycles. The molecule has 4 nitrogen and oxygen atoms in total. The Morgan fingerprint density at radius 2 is 1.68 bits per heavy atom. The SMILES string of the molecule is CC1CCCC(O)C1.O=C1NC(=O)c2ccccc21. The number of aliphatic hydroxyl groups is 1. The number of aliphatic hydroxyl groups excluding tert-OH is 1. The molecule has 2 unspecified atom stereocenters. The summed E-state index contributed by atoms with van der Waals surface area (Å²) in [5.41, 5.74) is 0.940. The zero-order chi connectivity index (χ0) is 13.8. The summed E-state index contributed by atoms with van der Waals surface area (Å²) in [6, 6.07) is 6.74. The Labute approximate surface area is 112 Å². The molecule has 0 radical (unpaired) electrons. The van der Waals surface area contributed by atoms with E-state index in [2.05, 4.69) is 12.2 Å². The van der Waals surface area contributed by atoms with Gasteiger partial charge in [0.1, 0.15) is 0 Å². The number of amides is 2. The lowest BCUT2D eigenvalue weighted by Gasteiger charge is -2.21. The number of carbonyl (C=O) groups is 2. The Balaban J connectivity index is 0.000000148. The molecule has 1 fully saturated rings. The summed E-state index contributed by atoms with van der Waals surface area (Å²) >= 11 is 0. The Hall–Kier alpha value is -1.68. The van der Waals surface area contributed by atoms with Crippen molar-refractivity contribution in [3.8, 4) is 0 Å². The topological polar surface area (TPSA) is 66.4 Å². The molecule has 1 aliphatic heterocycles. The lowest BCUT2D eigenvalue weighted by Crippen LogP contribution is -2.19. The summed E-state index contributed by atoms with van der Waals surface area (Å²) in [6.45, 7) is 2.21. The minimum atomic E-state index is -0.300. The van der Waals surface area contributed by atoms with Crippen molar-refractivity contribution in [1.29, 1.82) is 0 Å². The fourth-order valence-electron chi connectivity index (χ4n) is 2.52. The lowest BCUT2D eigenvalue weighted by molar-refractivity contribution is 0.0879. The molecule has 1 aliphatic carbocycles. The molecule has 0 bridgehead atoms. The summed E-state index contributed by atoms with van der Waals surface area (Å²) < 4.78 is 0. The van der Waals surface area contributed by atoms with Gasteiger partial charge in [-0.15, -0.1) is 0 Å². The first kappa shape index (κ1) is 13.7. The highest BCUT2D eigenvalue weighted by Gasteiger charge is 2.25. The van der Waals surface area contributed by atoms with Crippen LogP contribution in [0.25, 0.3) is 0 Å². The molecule has 1 aromatic rings. The number of carbonyl (C=O) groups excluding carboxylic acids is 2. The van der Waals surface area contributed by atoms with Crippen LogP contribution in [0, 0.1) is 5.92 Å². The van der Waals surface area contributed by atoms with E-state index in [-0.39, 0.29) is 17.9 Å². The normalized spacial score (nSPS) is 25.2. The van der Waals surface area contributed by atoms with E-state index >= 15 is 0 Å². The third kappa shape index (κ3) is 3.41. The standard InChI is InChI=1S/C8H5NO2.C7H14O/c10-7-5-3-1-2-4-6(5)8(11)9-7;1-6-3-2-4-7(8)5-6/h1-4H,(H,9,10,11);6-8H,2-5H2,1H3. The van der Waals surface area contributed by atoms with E-state index in [1.807, 2.05) is 0 Å². The molecule has 2 aliphatic rings. The Morgan fingerprint density at radius 3 is 2.11 bits per heavy atom. The second kappa shape index (κ2) is 5.97. The predicted octanol–water partition coefficient (Wildman–Crippen LogP) is 2.13. The molecular weight excluding hydrogens is 242 g/mol. The number of nitrogens with one attached hydrogen (secondary N) is 1. The number of hydrogen-bond acceptors (Lipinski definition) is 3. The van der Waals surface area contributed by atoms with Gasteiger partial charge in [-0.25, -0.2) is 0 Å². The summed E-state index contributed by atoms with van der Waals surface area (Å²) in [5, 5.41) is 11.3. The smallest absolute Gasteiger partial charge is 0.258 e. The minimum absolute atomic E-state index is 0.0127. The van der Waals surface area contributed by atoms with Gasteiger partial charge in [-0.3, -0.25) is 14.9 Å². The van der Waals surface area contributed by atoms with Gasteiger partial charge in [0.15, 0.2) is 0 Å². The number of imide groups is 1. The van der Waals surface area contributed by atoms with Crippen molar-refractivity contribution in [2.24, 2.45) is 5.92 Å². The summed E-state index contributed by atoms with van der Waals surface area (Å²) in [7, 11) is 0. The molecule has 3 rings (SSSR count). The molecule has 0 spiro atoms. The van der Waals surface area contributed by atoms with Gasteiger partial charge in [0.05, 0.1) is 17.2 Å². The molecule has 1 heterocycles. The van der Waals surface area contributed by atoms with E-state index in [1.165, 1.54) is 12.8 Å². The fraction of sp³-hybridized carbons (Fsp3) is 0.467. The van der Waals surface area contributed by atoms with E-state index in [0.29, 0.717) is 11.1 Å². The summed E-state index contributed by atoms with van der Waals surface area (Å²) in [4.78, 5) is 21.9. The third-order valence-electron chi connectivity index (χ3n) is 3.55. The molecule has 19 heavy (non-hydrogen) atoms. The van der Waals surface area contributed by atoms with Crippen molar-refractivity contribution >= 4 is 11.8 Å². The second-order valence-corrected chi connectivity index (χ2v) is 5.25. The number of benzene rings is 1. The average molecular weight is 261 g/mol. The zero-order valence-corrected chi connectivity index (χ0v) is 11.1. The van der Waals surface area contributed by atoms with Gasteiger partial charge < -0.3 is 5.11 Å². The van der Waals surface area contributed by atoms with Crippen molar-refractivity contribution in [1.82, 2.24) is 5.32 Å². The van der Waals surface area contributed by atoms with E-state index in [4.69, 9.17) is 5.11 Å². The first-order chi connectivity index (χ1) is 9.08. The summed E-state index contributed by atoms with van der Waals surface area (Å²) in [6.07, 6.45) is 4.61. The van der Waals surface area contributed by atoms with Gasteiger partial charge in [-0.05, 0) is 30.9 Å². The van der Waals surface area contributed by atoms with Crippen LogP contribution >= 0.6 is 0 Å². The van der Waals surface area contributed by atoms with Crippen LogP contribution < -0.4 is 5.32 Å². The molecule has 2 amide bonds. The highest BCUT2D eigenvalue weighted by molar-refractivity contribution is 6.21. The van der Waals surface area contributed by atoms with Gasteiger partial charge in [0, 0.05) is 0 Å². The number of fused-ring (bicyclic) bond motifs is 1. The van der Waals surface area contributed by atoms with Crippen LogP contribution in [-0.4, -0.2) is 23.0 Å². The maximum absolute atomic E-state index is 10.9. The monoisotopic (exact) mass is 261 g/mol. The van der Waals surface area contributed by atoms with E-state index < -0.39 is 0 Å². The molecule has 0 aromatic heterocycles. The molecule has 2 N–H and O–H groups in total. The average Bonchev–Trinajstić information content (AvgIpc) is 2.66. The first-order valence-corrected chi connectivity index (χ1v) is 6.70. The van der Waals surface area contributed by atoms with Gasteiger partial charge in [-0.2, -0.15) is 0 Å². The van der Waals surface area contributed by atoms with Crippen LogP contribution in [0.3, 0.4) is 0 Å². The van der Waals surface area contributed by atoms with E-state index in [1.54, 1.807) is 24.3 Å². The minimum Gasteiger partial charge on any atom is -0.393 e. The molecule has 1 saturated carbocycles. The Bertz CT molecular complexity index is 443. The highest BCUT2D eigenvalue weighted by atomic mass is 16.3. The van der Waals surface area contributed by atoms with Crippen LogP contribution in [0.15, 0.2) is 24.3 Å². The Kier molecular flexibility index (Phi) is 4.32. The van der Waals surface area contributed by atoms with Crippen LogP contribution in [0.4, 0.5) is 0 Å². The molecule has 4 heteroatoms. The van der Waals surface area contributed by atoms with Crippen molar-refractivity contribution in [3.05, 3.63) is 35.4 Å². The first-order valence-electron chi connectivity index (χ1n) is 6.70. The third-order valence-corrected chi connectivity index (χ3v) is 3.55. The van der Waals surface area contributed by atoms with Gasteiger partial charge in [0.25, 0.3) is 11.8 Å². The van der Waals surface area contributed by atoms with Crippen LogP contribution in [-0.2, 0) is 0 Å². The molecular formula is C15H19NO3. The Morgan fingerprint density at radius 1 is 1.11 bits per heavy atom. The maximum atomic E-state index is 10.9. The van der Waals surface area contributed by atoms with Crippen LogP contribution in [0.2, 0.25) is 0 Å².